The van der Waals surface area contributed by atoms with Crippen molar-refractivity contribution in [3.8, 4) is 11.1 Å². The fraction of sp³-hybridized carbons (Fsp3) is 0.273. The van der Waals surface area contributed by atoms with Crippen LogP contribution in [0.4, 0.5) is 0 Å². The third-order valence-corrected chi connectivity index (χ3v) is 4.62. The number of carbonyl (C=O) groups excluding carboxylic acids is 1. The number of benzene rings is 2. The van der Waals surface area contributed by atoms with E-state index in [1.165, 1.54) is 5.56 Å². The number of nitrogens with one attached hydrogen (secondary N) is 2. The summed E-state index contributed by atoms with van der Waals surface area (Å²) in [5, 5.41) is 6.08. The lowest BCUT2D eigenvalue weighted by Gasteiger charge is -2.14. The average molecular weight is 362 g/mol. The molecule has 0 aliphatic heterocycles. The van der Waals surface area contributed by atoms with Gasteiger partial charge in [0.25, 0.3) is 0 Å². The van der Waals surface area contributed by atoms with Crippen LogP contribution in [0.1, 0.15) is 18.1 Å². The van der Waals surface area contributed by atoms with E-state index >= 15 is 0 Å². The van der Waals surface area contributed by atoms with Gasteiger partial charge in [0.15, 0.2) is 0 Å². The minimum absolute atomic E-state index is 0.0513. The monoisotopic (exact) mass is 362 g/mol. The fourth-order valence-electron chi connectivity index (χ4n) is 3.09. The van der Waals surface area contributed by atoms with Crippen LogP contribution in [0.15, 0.2) is 67.3 Å². The largest absolute Gasteiger partial charge is 0.352 e. The van der Waals surface area contributed by atoms with E-state index in [1.54, 1.807) is 6.20 Å². The quantitative estimate of drug-likeness (QED) is 0.647. The van der Waals surface area contributed by atoms with E-state index in [0.717, 1.165) is 23.2 Å². The Morgan fingerprint density at radius 3 is 2.63 bits per heavy atom. The van der Waals surface area contributed by atoms with Crippen molar-refractivity contribution in [1.29, 1.82) is 0 Å². The van der Waals surface area contributed by atoms with E-state index in [1.807, 2.05) is 43.2 Å². The number of rotatable bonds is 8. The molecule has 3 aromatic rings. The number of aromatic nitrogens is 2. The highest BCUT2D eigenvalue weighted by Gasteiger charge is 2.12. The number of hydrogen-bond acceptors (Lipinski definition) is 3. The molecule has 0 radical (unpaired) electrons. The lowest BCUT2D eigenvalue weighted by atomic mass is 9.98. The van der Waals surface area contributed by atoms with Crippen molar-refractivity contribution in [3.05, 3.63) is 78.4 Å². The van der Waals surface area contributed by atoms with Gasteiger partial charge < -0.3 is 15.2 Å². The van der Waals surface area contributed by atoms with E-state index < -0.39 is 0 Å². The van der Waals surface area contributed by atoms with Gasteiger partial charge in [-0.15, -0.1) is 0 Å². The van der Waals surface area contributed by atoms with Crippen LogP contribution in [0.2, 0.25) is 0 Å². The third kappa shape index (κ3) is 5.05. The molecule has 1 amide bonds. The third-order valence-electron chi connectivity index (χ3n) is 4.62. The van der Waals surface area contributed by atoms with Gasteiger partial charge in [-0.2, -0.15) is 0 Å². The minimum Gasteiger partial charge on any atom is -0.352 e. The highest BCUT2D eigenvalue weighted by Crippen LogP contribution is 2.24. The second-order valence-electron chi connectivity index (χ2n) is 6.77. The molecule has 2 N–H and O–H groups in total. The molecule has 140 valence electrons. The molecule has 0 aliphatic carbocycles. The van der Waals surface area contributed by atoms with E-state index in [4.69, 9.17) is 0 Å². The molecule has 0 aliphatic rings. The van der Waals surface area contributed by atoms with Gasteiger partial charge in [0.05, 0.1) is 6.33 Å². The molecule has 1 atom stereocenters. The normalized spacial score (nSPS) is 11.9. The average Bonchev–Trinajstić information content (AvgIpc) is 3.20. The summed E-state index contributed by atoms with van der Waals surface area (Å²) >= 11 is 0. The second kappa shape index (κ2) is 9.14. The standard InChI is InChI=1S/C22H26N4O/c1-17(13-23-2)22(27)25-14-20-5-3-4-6-21(20)19-9-7-18(8-10-19)15-26-12-11-24-16-26/h3-12,16-17,23H,13-15H2,1-2H3,(H,25,27). The summed E-state index contributed by atoms with van der Waals surface area (Å²) < 4.78 is 2.05. The molecule has 27 heavy (non-hydrogen) atoms. The van der Waals surface area contributed by atoms with Crippen LogP contribution in [0.3, 0.4) is 0 Å². The van der Waals surface area contributed by atoms with Crippen LogP contribution in [-0.4, -0.2) is 29.1 Å². The summed E-state index contributed by atoms with van der Waals surface area (Å²) in [6.45, 7) is 3.93. The Kier molecular flexibility index (Phi) is 6.39. The lowest BCUT2D eigenvalue weighted by Crippen LogP contribution is -2.34. The van der Waals surface area contributed by atoms with Gasteiger partial charge in [-0.05, 0) is 29.3 Å². The Morgan fingerprint density at radius 1 is 1.15 bits per heavy atom. The maximum absolute atomic E-state index is 12.2. The molecule has 5 heteroatoms. The topological polar surface area (TPSA) is 59.0 Å². The van der Waals surface area contributed by atoms with Crippen molar-refractivity contribution in [2.24, 2.45) is 5.92 Å². The minimum atomic E-state index is -0.0513. The summed E-state index contributed by atoms with van der Waals surface area (Å²) in [6, 6.07) is 16.8. The highest BCUT2D eigenvalue weighted by atomic mass is 16.1. The summed E-state index contributed by atoms with van der Waals surface area (Å²) in [6.07, 6.45) is 5.57. The van der Waals surface area contributed by atoms with Crippen molar-refractivity contribution in [2.75, 3.05) is 13.6 Å². The summed E-state index contributed by atoms with van der Waals surface area (Å²) in [5.74, 6) is 0.0134. The molecule has 0 bridgehead atoms. The number of hydrogen-bond donors (Lipinski definition) is 2. The first-order valence-electron chi connectivity index (χ1n) is 9.22. The predicted molar refractivity (Wildman–Crippen MR) is 108 cm³/mol. The summed E-state index contributed by atoms with van der Waals surface area (Å²) in [4.78, 5) is 16.3. The number of amides is 1. The zero-order valence-corrected chi connectivity index (χ0v) is 15.9. The van der Waals surface area contributed by atoms with Crippen molar-refractivity contribution < 1.29 is 4.79 Å². The molecule has 0 fully saturated rings. The molecular formula is C22H26N4O. The first-order valence-corrected chi connectivity index (χ1v) is 9.22. The molecule has 1 aromatic heterocycles. The Hall–Kier alpha value is -2.92. The van der Waals surface area contributed by atoms with Crippen molar-refractivity contribution >= 4 is 5.91 Å². The molecule has 5 nitrogen and oxygen atoms in total. The fourth-order valence-corrected chi connectivity index (χ4v) is 3.09. The maximum Gasteiger partial charge on any atom is 0.224 e. The van der Waals surface area contributed by atoms with E-state index in [2.05, 4.69) is 52.0 Å². The van der Waals surface area contributed by atoms with Crippen molar-refractivity contribution in [1.82, 2.24) is 20.2 Å². The number of carbonyl (C=O) groups is 1. The summed E-state index contributed by atoms with van der Waals surface area (Å²) in [7, 11) is 1.86. The molecule has 1 unspecified atom stereocenters. The molecular weight excluding hydrogens is 336 g/mol. The zero-order valence-electron chi connectivity index (χ0n) is 15.9. The Bertz CT molecular complexity index is 856. The van der Waals surface area contributed by atoms with Gasteiger partial charge in [-0.3, -0.25) is 4.79 Å². The predicted octanol–water partition coefficient (Wildman–Crippen LogP) is 3.07. The first-order chi connectivity index (χ1) is 13.2. The Morgan fingerprint density at radius 2 is 1.93 bits per heavy atom. The Balaban J connectivity index is 1.70. The molecule has 0 saturated heterocycles. The van der Waals surface area contributed by atoms with E-state index in [-0.39, 0.29) is 11.8 Å². The zero-order chi connectivity index (χ0) is 19.1. The second-order valence-corrected chi connectivity index (χ2v) is 6.77. The molecule has 2 aromatic carbocycles. The van der Waals surface area contributed by atoms with Gasteiger partial charge in [0, 0.05) is 37.9 Å². The molecule has 1 heterocycles. The first kappa shape index (κ1) is 18.9. The van der Waals surface area contributed by atoms with Gasteiger partial charge in [-0.1, -0.05) is 55.5 Å². The van der Waals surface area contributed by atoms with E-state index in [9.17, 15) is 4.79 Å². The highest BCUT2D eigenvalue weighted by molar-refractivity contribution is 5.79. The van der Waals surface area contributed by atoms with Crippen LogP contribution in [0, 0.1) is 5.92 Å². The van der Waals surface area contributed by atoms with Crippen LogP contribution >= 0.6 is 0 Å². The summed E-state index contributed by atoms with van der Waals surface area (Å²) in [5.41, 5.74) is 4.64. The number of nitrogens with zero attached hydrogens (tertiary/aromatic N) is 2. The van der Waals surface area contributed by atoms with Crippen molar-refractivity contribution in [2.45, 2.75) is 20.0 Å². The van der Waals surface area contributed by atoms with Crippen LogP contribution in [0.5, 0.6) is 0 Å². The molecule has 3 rings (SSSR count). The lowest BCUT2D eigenvalue weighted by molar-refractivity contribution is -0.124. The maximum atomic E-state index is 12.2. The molecule has 0 saturated carbocycles. The van der Waals surface area contributed by atoms with Gasteiger partial charge in [-0.25, -0.2) is 4.98 Å². The van der Waals surface area contributed by atoms with Crippen LogP contribution in [-0.2, 0) is 17.9 Å². The molecule has 0 spiro atoms. The SMILES string of the molecule is CNCC(C)C(=O)NCc1ccccc1-c1ccc(Cn2ccnc2)cc1. The van der Waals surface area contributed by atoms with E-state index in [0.29, 0.717) is 13.1 Å². The van der Waals surface area contributed by atoms with Gasteiger partial charge in [0.1, 0.15) is 0 Å². The Labute approximate surface area is 160 Å². The van der Waals surface area contributed by atoms with Crippen LogP contribution < -0.4 is 10.6 Å². The number of imidazole rings is 1. The van der Waals surface area contributed by atoms with Gasteiger partial charge >= 0.3 is 0 Å². The smallest absolute Gasteiger partial charge is 0.224 e. The van der Waals surface area contributed by atoms with Crippen LogP contribution in [0.25, 0.3) is 11.1 Å². The van der Waals surface area contributed by atoms with Gasteiger partial charge in [0.2, 0.25) is 5.91 Å². The van der Waals surface area contributed by atoms with Crippen molar-refractivity contribution in [3.63, 3.8) is 0 Å².